The van der Waals surface area contributed by atoms with Gasteiger partial charge in [0.25, 0.3) is 0 Å². The second-order valence-electron chi connectivity index (χ2n) is 9.27. The number of hydrogen-bond acceptors (Lipinski definition) is 4. The van der Waals surface area contributed by atoms with Gasteiger partial charge >= 0.3 is 11.9 Å². The van der Waals surface area contributed by atoms with Crippen molar-refractivity contribution < 1.29 is 19.1 Å². The monoisotopic (exact) mass is 422 g/mol. The standard InChI is InChI=1S/C26H46O4/c1-7-11-13-21(9-3)17-29-25(27)23-15-19(5)20(6)16-24(23)26(28)30-18-22(10-4)14-12-8-2/h21-24H,7-18H2,1-6H3. The molecule has 1 aliphatic carbocycles. The average Bonchev–Trinajstić information content (AvgIpc) is 2.75. The number of allylic oxidation sites excluding steroid dienone is 2. The Balaban J connectivity index is 2.73. The van der Waals surface area contributed by atoms with Gasteiger partial charge in [-0.1, -0.05) is 77.4 Å². The molecule has 0 amide bonds. The Kier molecular flexibility index (Phi) is 13.0. The molecule has 0 aromatic rings. The highest BCUT2D eigenvalue weighted by atomic mass is 16.5. The van der Waals surface area contributed by atoms with E-state index in [0.29, 0.717) is 37.9 Å². The summed E-state index contributed by atoms with van der Waals surface area (Å²) in [4.78, 5) is 25.9. The molecule has 0 aliphatic heterocycles. The predicted molar refractivity (Wildman–Crippen MR) is 123 cm³/mol. The summed E-state index contributed by atoms with van der Waals surface area (Å²) in [6.07, 6.45) is 10.0. The van der Waals surface area contributed by atoms with Crippen molar-refractivity contribution in [3.05, 3.63) is 11.1 Å². The third kappa shape index (κ3) is 8.81. The second-order valence-corrected chi connectivity index (χ2v) is 9.27. The molecule has 0 saturated heterocycles. The lowest BCUT2D eigenvalue weighted by molar-refractivity contribution is -0.163. The van der Waals surface area contributed by atoms with Gasteiger partial charge in [0.15, 0.2) is 0 Å². The fourth-order valence-electron chi connectivity index (χ4n) is 4.20. The highest BCUT2D eigenvalue weighted by Gasteiger charge is 2.39. The van der Waals surface area contributed by atoms with Crippen LogP contribution >= 0.6 is 0 Å². The third-order valence-corrected chi connectivity index (χ3v) is 6.88. The molecule has 0 saturated carbocycles. The first-order valence-corrected chi connectivity index (χ1v) is 12.4. The van der Waals surface area contributed by atoms with Crippen LogP contribution in [-0.4, -0.2) is 25.2 Å². The van der Waals surface area contributed by atoms with Crippen molar-refractivity contribution in [2.24, 2.45) is 23.7 Å². The van der Waals surface area contributed by atoms with Gasteiger partial charge in [-0.3, -0.25) is 9.59 Å². The number of unbranched alkanes of at least 4 members (excludes halogenated alkanes) is 2. The third-order valence-electron chi connectivity index (χ3n) is 6.88. The maximum atomic E-state index is 12.9. The number of rotatable bonds is 14. The molecule has 4 unspecified atom stereocenters. The number of esters is 2. The number of carbonyl (C=O) groups excluding carboxylic acids is 2. The molecule has 0 aromatic heterocycles. The number of carbonyl (C=O) groups is 2. The van der Waals surface area contributed by atoms with Crippen molar-refractivity contribution in [1.82, 2.24) is 0 Å². The molecular formula is C26H46O4. The van der Waals surface area contributed by atoms with Gasteiger partial charge in [0.1, 0.15) is 0 Å². The highest BCUT2D eigenvalue weighted by Crippen LogP contribution is 2.36. The molecule has 0 N–H and O–H groups in total. The molecule has 0 bridgehead atoms. The molecule has 4 atom stereocenters. The van der Waals surface area contributed by atoms with E-state index in [1.807, 2.05) is 0 Å². The van der Waals surface area contributed by atoms with Crippen LogP contribution in [0.25, 0.3) is 0 Å². The summed E-state index contributed by atoms with van der Waals surface area (Å²) in [5, 5.41) is 0. The van der Waals surface area contributed by atoms with Crippen LogP contribution in [0.5, 0.6) is 0 Å². The predicted octanol–water partition coefficient (Wildman–Crippen LogP) is 6.87. The van der Waals surface area contributed by atoms with Crippen molar-refractivity contribution >= 4 is 11.9 Å². The summed E-state index contributed by atoms with van der Waals surface area (Å²) in [6.45, 7) is 13.7. The van der Waals surface area contributed by atoms with Crippen LogP contribution in [-0.2, 0) is 19.1 Å². The van der Waals surface area contributed by atoms with Crippen molar-refractivity contribution in [1.29, 1.82) is 0 Å². The highest BCUT2D eigenvalue weighted by molar-refractivity contribution is 5.83. The van der Waals surface area contributed by atoms with Crippen molar-refractivity contribution in [2.75, 3.05) is 13.2 Å². The summed E-state index contributed by atoms with van der Waals surface area (Å²) >= 11 is 0. The lowest BCUT2D eigenvalue weighted by Gasteiger charge is -2.31. The minimum atomic E-state index is -0.416. The number of ether oxygens (including phenoxy) is 2. The summed E-state index contributed by atoms with van der Waals surface area (Å²) < 4.78 is 11.5. The lowest BCUT2D eigenvalue weighted by atomic mass is 9.76. The van der Waals surface area contributed by atoms with Crippen LogP contribution in [0.3, 0.4) is 0 Å². The van der Waals surface area contributed by atoms with Crippen molar-refractivity contribution in [3.63, 3.8) is 0 Å². The summed E-state index contributed by atoms with van der Waals surface area (Å²) in [5.74, 6) is -0.468. The Hall–Kier alpha value is -1.32. The van der Waals surface area contributed by atoms with E-state index in [1.54, 1.807) is 0 Å². The molecule has 0 fully saturated rings. The Labute approximate surface area is 185 Å². The largest absolute Gasteiger partial charge is 0.465 e. The number of hydrogen-bond donors (Lipinski definition) is 0. The van der Waals surface area contributed by atoms with E-state index in [0.717, 1.165) is 51.4 Å². The fraction of sp³-hybridized carbons (Fsp3) is 0.846. The molecule has 0 aromatic carbocycles. The first-order chi connectivity index (χ1) is 14.4. The zero-order valence-electron chi connectivity index (χ0n) is 20.4. The quantitative estimate of drug-likeness (QED) is 0.226. The maximum Gasteiger partial charge on any atom is 0.310 e. The summed E-state index contributed by atoms with van der Waals surface area (Å²) in [7, 11) is 0. The van der Waals surface area contributed by atoms with E-state index in [-0.39, 0.29) is 11.9 Å². The minimum Gasteiger partial charge on any atom is -0.465 e. The van der Waals surface area contributed by atoms with E-state index in [2.05, 4.69) is 41.5 Å². The van der Waals surface area contributed by atoms with Gasteiger partial charge in [-0.05, 0) is 51.4 Å². The van der Waals surface area contributed by atoms with E-state index >= 15 is 0 Å². The molecular weight excluding hydrogens is 376 g/mol. The van der Waals surface area contributed by atoms with Crippen LogP contribution in [0.4, 0.5) is 0 Å². The molecule has 4 heteroatoms. The smallest absolute Gasteiger partial charge is 0.310 e. The second kappa shape index (κ2) is 14.6. The molecule has 1 rings (SSSR count). The maximum absolute atomic E-state index is 12.9. The Morgan fingerprint density at radius 3 is 1.43 bits per heavy atom. The Morgan fingerprint density at radius 2 is 1.13 bits per heavy atom. The van der Waals surface area contributed by atoms with Gasteiger partial charge in [0.05, 0.1) is 25.0 Å². The molecule has 4 nitrogen and oxygen atoms in total. The Bertz CT molecular complexity index is 503. The van der Waals surface area contributed by atoms with Gasteiger partial charge in [-0.2, -0.15) is 0 Å². The normalized spacial score (nSPS) is 21.3. The Morgan fingerprint density at radius 1 is 0.767 bits per heavy atom. The van der Waals surface area contributed by atoms with Crippen LogP contribution in [0.15, 0.2) is 11.1 Å². The molecule has 30 heavy (non-hydrogen) atoms. The van der Waals surface area contributed by atoms with E-state index in [9.17, 15) is 9.59 Å². The fourth-order valence-corrected chi connectivity index (χ4v) is 4.20. The van der Waals surface area contributed by atoms with E-state index < -0.39 is 11.8 Å². The molecule has 0 heterocycles. The van der Waals surface area contributed by atoms with Gasteiger partial charge in [0.2, 0.25) is 0 Å². The SMILES string of the molecule is CCCCC(CC)COC(=O)C1CC(C)=C(C)CC1C(=O)OCC(CC)CCCC. The first-order valence-electron chi connectivity index (χ1n) is 12.4. The van der Waals surface area contributed by atoms with Gasteiger partial charge < -0.3 is 9.47 Å². The zero-order valence-corrected chi connectivity index (χ0v) is 20.4. The van der Waals surface area contributed by atoms with Crippen molar-refractivity contribution in [2.45, 2.75) is 106 Å². The summed E-state index contributed by atoms with van der Waals surface area (Å²) in [6, 6.07) is 0. The molecule has 0 spiro atoms. The van der Waals surface area contributed by atoms with Crippen LogP contribution in [0.2, 0.25) is 0 Å². The van der Waals surface area contributed by atoms with Crippen molar-refractivity contribution in [3.8, 4) is 0 Å². The van der Waals surface area contributed by atoms with Crippen LogP contribution < -0.4 is 0 Å². The topological polar surface area (TPSA) is 52.6 Å². The van der Waals surface area contributed by atoms with Gasteiger partial charge in [0, 0.05) is 0 Å². The minimum absolute atomic E-state index is 0.225. The van der Waals surface area contributed by atoms with E-state index in [4.69, 9.17) is 9.47 Å². The molecule has 174 valence electrons. The van der Waals surface area contributed by atoms with Crippen LogP contribution in [0.1, 0.15) is 106 Å². The van der Waals surface area contributed by atoms with Gasteiger partial charge in [-0.25, -0.2) is 0 Å². The van der Waals surface area contributed by atoms with Crippen LogP contribution in [0, 0.1) is 23.7 Å². The van der Waals surface area contributed by atoms with E-state index in [1.165, 1.54) is 11.1 Å². The molecule has 0 radical (unpaired) electrons. The molecule has 1 aliphatic rings. The lowest BCUT2D eigenvalue weighted by Crippen LogP contribution is -2.36. The van der Waals surface area contributed by atoms with Gasteiger partial charge in [-0.15, -0.1) is 0 Å². The average molecular weight is 423 g/mol. The summed E-state index contributed by atoms with van der Waals surface area (Å²) in [5.41, 5.74) is 2.40. The first kappa shape index (κ1) is 26.7. The zero-order chi connectivity index (χ0) is 22.5.